The van der Waals surface area contributed by atoms with E-state index in [1.54, 1.807) is 41.7 Å². The first kappa shape index (κ1) is 20.4. The molecule has 0 aliphatic heterocycles. The molecular formula is C18H27N5OS2. The summed E-state index contributed by atoms with van der Waals surface area (Å²) in [7, 11) is 3.48. The Morgan fingerprint density at radius 1 is 1.23 bits per heavy atom. The molecular weight excluding hydrogens is 366 g/mol. The molecule has 1 amide bonds. The topological polar surface area (TPSA) is 69.6 Å². The molecule has 2 heterocycles. The number of nitrogens with zero attached hydrogens (tertiary/aromatic N) is 3. The van der Waals surface area contributed by atoms with E-state index in [-0.39, 0.29) is 12.5 Å². The lowest BCUT2D eigenvalue weighted by molar-refractivity contribution is -0.127. The van der Waals surface area contributed by atoms with E-state index in [9.17, 15) is 4.79 Å². The zero-order valence-corrected chi connectivity index (χ0v) is 17.5. The Morgan fingerprint density at radius 2 is 1.96 bits per heavy atom. The first-order chi connectivity index (χ1) is 12.5. The van der Waals surface area contributed by atoms with Crippen LogP contribution in [0.25, 0.3) is 0 Å². The van der Waals surface area contributed by atoms with E-state index < -0.39 is 0 Å². The minimum Gasteiger partial charge on any atom is -0.356 e. The number of thiophene rings is 1. The molecule has 0 spiro atoms. The molecule has 142 valence electrons. The summed E-state index contributed by atoms with van der Waals surface area (Å²) in [5, 5.41) is 9.82. The summed E-state index contributed by atoms with van der Waals surface area (Å²) >= 11 is 3.48. The molecule has 2 aromatic heterocycles. The van der Waals surface area contributed by atoms with Gasteiger partial charge >= 0.3 is 0 Å². The molecule has 0 unspecified atom stereocenters. The van der Waals surface area contributed by atoms with E-state index in [1.165, 1.54) is 9.75 Å². The van der Waals surface area contributed by atoms with Gasteiger partial charge in [0.1, 0.15) is 6.54 Å². The van der Waals surface area contributed by atoms with Gasteiger partial charge in [-0.05, 0) is 31.7 Å². The molecule has 2 aromatic rings. The predicted octanol–water partition coefficient (Wildman–Crippen LogP) is 2.23. The number of amides is 1. The summed E-state index contributed by atoms with van der Waals surface area (Å²) in [6.07, 6.45) is 1.78. The second-order valence-electron chi connectivity index (χ2n) is 6.14. The molecule has 0 aromatic carbocycles. The normalized spacial score (nSPS) is 11.5. The maximum absolute atomic E-state index is 11.8. The first-order valence-electron chi connectivity index (χ1n) is 8.63. The lowest BCUT2D eigenvalue weighted by Gasteiger charge is -2.13. The van der Waals surface area contributed by atoms with Crippen LogP contribution in [-0.4, -0.2) is 55.5 Å². The van der Waals surface area contributed by atoms with Crippen LogP contribution in [0.15, 0.2) is 22.5 Å². The Kier molecular flexibility index (Phi) is 8.06. The summed E-state index contributed by atoms with van der Waals surface area (Å²) in [4.78, 5) is 24.9. The molecule has 0 radical (unpaired) electrons. The number of nitrogens with one attached hydrogen (secondary N) is 2. The van der Waals surface area contributed by atoms with Crippen molar-refractivity contribution in [2.75, 3.05) is 33.7 Å². The van der Waals surface area contributed by atoms with Crippen LogP contribution in [0.4, 0.5) is 0 Å². The quantitative estimate of drug-likeness (QED) is 0.533. The van der Waals surface area contributed by atoms with Crippen LogP contribution in [0.1, 0.15) is 20.5 Å². The molecule has 2 rings (SSSR count). The van der Waals surface area contributed by atoms with E-state index in [0.717, 1.165) is 36.6 Å². The first-order valence-corrected chi connectivity index (χ1v) is 10.3. The number of aryl methyl sites for hydroxylation is 2. The van der Waals surface area contributed by atoms with Gasteiger partial charge in [0.2, 0.25) is 5.91 Å². The summed E-state index contributed by atoms with van der Waals surface area (Å²) in [5.74, 6) is 0.650. The van der Waals surface area contributed by atoms with Gasteiger partial charge in [-0.15, -0.1) is 22.7 Å². The fourth-order valence-electron chi connectivity index (χ4n) is 2.16. The van der Waals surface area contributed by atoms with Crippen LogP contribution in [-0.2, 0) is 17.6 Å². The highest BCUT2D eigenvalue weighted by Crippen LogP contribution is 2.16. The maximum atomic E-state index is 11.8. The highest BCUT2D eigenvalue weighted by Gasteiger charge is 2.07. The molecule has 0 aliphatic carbocycles. The third-order valence-electron chi connectivity index (χ3n) is 3.82. The van der Waals surface area contributed by atoms with Crippen molar-refractivity contribution in [1.82, 2.24) is 20.5 Å². The summed E-state index contributed by atoms with van der Waals surface area (Å²) in [6.45, 7) is 5.77. The summed E-state index contributed by atoms with van der Waals surface area (Å²) in [6, 6.07) is 4.18. The third kappa shape index (κ3) is 6.76. The number of carbonyl (C=O) groups excluding carboxylic acids is 1. The number of aliphatic imine (C=N–C) groups is 1. The highest BCUT2D eigenvalue weighted by atomic mass is 32.1. The average Bonchev–Trinajstić information content (AvgIpc) is 3.22. The largest absolute Gasteiger partial charge is 0.356 e. The van der Waals surface area contributed by atoms with Crippen molar-refractivity contribution in [3.05, 3.63) is 38.0 Å². The van der Waals surface area contributed by atoms with E-state index in [0.29, 0.717) is 5.96 Å². The molecule has 2 N–H and O–H groups in total. The van der Waals surface area contributed by atoms with E-state index in [2.05, 4.69) is 45.0 Å². The van der Waals surface area contributed by atoms with E-state index in [4.69, 9.17) is 0 Å². The number of thiazole rings is 1. The second-order valence-corrected chi connectivity index (χ2v) is 8.46. The second kappa shape index (κ2) is 10.3. The smallest absolute Gasteiger partial charge is 0.243 e. The Balaban J connectivity index is 1.86. The van der Waals surface area contributed by atoms with E-state index in [1.807, 2.05) is 6.92 Å². The van der Waals surface area contributed by atoms with Gasteiger partial charge in [0.15, 0.2) is 5.96 Å². The number of hydrogen-bond acceptors (Lipinski definition) is 5. The SMILES string of the molecule is Cc1nc(CCNC(=NCC(=O)N(C)C)NCCc2cccs2)sc1C. The average molecular weight is 394 g/mol. The Morgan fingerprint density at radius 3 is 2.54 bits per heavy atom. The maximum Gasteiger partial charge on any atom is 0.243 e. The van der Waals surface area contributed by atoms with Crippen molar-refractivity contribution < 1.29 is 4.79 Å². The predicted molar refractivity (Wildman–Crippen MR) is 110 cm³/mol. The molecule has 6 nitrogen and oxygen atoms in total. The van der Waals surface area contributed by atoms with Crippen molar-refractivity contribution in [2.24, 2.45) is 4.99 Å². The molecule has 0 saturated carbocycles. The molecule has 0 fully saturated rings. The van der Waals surface area contributed by atoms with Crippen LogP contribution in [0.2, 0.25) is 0 Å². The Hall–Kier alpha value is -1.93. The Bertz CT molecular complexity index is 703. The van der Waals surface area contributed by atoms with E-state index >= 15 is 0 Å². The number of rotatable bonds is 8. The van der Waals surface area contributed by atoms with Gasteiger partial charge in [-0.25, -0.2) is 9.98 Å². The number of hydrogen-bond donors (Lipinski definition) is 2. The summed E-state index contributed by atoms with van der Waals surface area (Å²) < 4.78 is 0. The third-order valence-corrected chi connectivity index (χ3v) is 5.89. The van der Waals surface area contributed by atoms with Gasteiger partial charge in [-0.2, -0.15) is 0 Å². The van der Waals surface area contributed by atoms with Crippen molar-refractivity contribution in [3.63, 3.8) is 0 Å². The number of aromatic nitrogens is 1. The van der Waals surface area contributed by atoms with Crippen LogP contribution < -0.4 is 10.6 Å². The van der Waals surface area contributed by atoms with Crippen LogP contribution in [0.5, 0.6) is 0 Å². The summed E-state index contributed by atoms with van der Waals surface area (Å²) in [5.41, 5.74) is 1.10. The van der Waals surface area contributed by atoms with Crippen molar-refractivity contribution >= 4 is 34.5 Å². The number of guanidine groups is 1. The van der Waals surface area contributed by atoms with Gasteiger partial charge in [-0.1, -0.05) is 6.07 Å². The molecule has 26 heavy (non-hydrogen) atoms. The van der Waals surface area contributed by atoms with Crippen molar-refractivity contribution in [2.45, 2.75) is 26.7 Å². The van der Waals surface area contributed by atoms with Gasteiger partial charge in [-0.3, -0.25) is 4.79 Å². The van der Waals surface area contributed by atoms with Gasteiger partial charge < -0.3 is 15.5 Å². The molecule has 0 saturated heterocycles. The standard InChI is InChI=1S/C18H27N5OS2/c1-13-14(2)26-16(22-13)8-10-20-18(21-12-17(24)23(3)4)19-9-7-15-6-5-11-25-15/h5-6,11H,7-10,12H2,1-4H3,(H2,19,20,21). The van der Waals surface area contributed by atoms with Gasteiger partial charge in [0.05, 0.1) is 10.7 Å². The molecule has 0 atom stereocenters. The lowest BCUT2D eigenvalue weighted by Crippen LogP contribution is -2.40. The zero-order valence-electron chi connectivity index (χ0n) is 15.8. The molecule has 0 bridgehead atoms. The zero-order chi connectivity index (χ0) is 18.9. The molecule has 8 heteroatoms. The fraction of sp³-hybridized carbons (Fsp3) is 0.500. The number of likely N-dealkylation sites (N-methyl/N-ethyl adjacent to an activating group) is 1. The van der Waals surface area contributed by atoms with Crippen LogP contribution in [0, 0.1) is 13.8 Å². The van der Waals surface area contributed by atoms with Crippen molar-refractivity contribution in [3.8, 4) is 0 Å². The minimum absolute atomic E-state index is 0.0180. The monoisotopic (exact) mass is 393 g/mol. The van der Waals surface area contributed by atoms with Gasteiger partial charge in [0.25, 0.3) is 0 Å². The van der Waals surface area contributed by atoms with Crippen LogP contribution in [0.3, 0.4) is 0 Å². The Labute approximate surface area is 163 Å². The van der Waals surface area contributed by atoms with Crippen LogP contribution >= 0.6 is 22.7 Å². The fourth-order valence-corrected chi connectivity index (χ4v) is 3.80. The molecule has 0 aliphatic rings. The van der Waals surface area contributed by atoms with Gasteiger partial charge in [0, 0.05) is 43.4 Å². The number of carbonyl (C=O) groups is 1. The highest BCUT2D eigenvalue weighted by molar-refractivity contribution is 7.11. The lowest BCUT2D eigenvalue weighted by atomic mass is 10.3. The van der Waals surface area contributed by atoms with Crippen molar-refractivity contribution in [1.29, 1.82) is 0 Å². The minimum atomic E-state index is -0.0180.